The van der Waals surface area contributed by atoms with E-state index in [4.69, 9.17) is 0 Å². The zero-order chi connectivity index (χ0) is 20.6. The lowest BCUT2D eigenvalue weighted by molar-refractivity contribution is -0.139. The monoisotopic (exact) mass is 390 g/mol. The van der Waals surface area contributed by atoms with Crippen LogP contribution >= 0.6 is 0 Å². The van der Waals surface area contributed by atoms with Gasteiger partial charge in [0.1, 0.15) is 6.04 Å². The van der Waals surface area contributed by atoms with Gasteiger partial charge < -0.3 is 10.4 Å². The molecule has 1 amide bonds. The van der Waals surface area contributed by atoms with Gasteiger partial charge in [0.05, 0.1) is 16.6 Å². The molecule has 1 atom stereocenters. The molecule has 0 aliphatic heterocycles. The molecule has 0 spiro atoms. The van der Waals surface area contributed by atoms with Gasteiger partial charge in [-0.3, -0.25) is 4.79 Å². The number of fused-ring (bicyclic) bond motifs is 2. The van der Waals surface area contributed by atoms with Crippen LogP contribution in [0.2, 0.25) is 0 Å². The van der Waals surface area contributed by atoms with Gasteiger partial charge >= 0.3 is 5.97 Å². The van der Waals surface area contributed by atoms with Gasteiger partial charge in [-0.05, 0) is 31.4 Å². The third-order valence-electron chi connectivity index (χ3n) is 5.07. The molecule has 0 saturated carbocycles. The molecule has 5 nitrogen and oxygen atoms in total. The third-order valence-corrected chi connectivity index (χ3v) is 5.07. The molecule has 5 heteroatoms. The van der Waals surface area contributed by atoms with Crippen molar-refractivity contribution in [2.75, 3.05) is 0 Å². The van der Waals surface area contributed by atoms with Crippen molar-refractivity contribution < 1.29 is 14.7 Å². The standard InChI is InChI=1S/C24H26N2O3/c1-2-3-4-5-6-7-16-21(24(28)29)26-23(27)22-17-12-8-10-14-19(17)25-20-15-11-9-13-18(20)22/h2,8-15,21H,1,3-7,16H2,(H,26,27)(H,28,29)/t21-/m1/s1. The number of carboxylic acids is 1. The summed E-state index contributed by atoms with van der Waals surface area (Å²) < 4.78 is 0. The highest BCUT2D eigenvalue weighted by atomic mass is 16.4. The molecule has 0 aliphatic carbocycles. The number of carbonyl (C=O) groups is 2. The first kappa shape index (κ1) is 20.5. The first-order chi connectivity index (χ1) is 14.1. The molecule has 0 unspecified atom stereocenters. The van der Waals surface area contributed by atoms with E-state index in [0.29, 0.717) is 23.0 Å². The van der Waals surface area contributed by atoms with Gasteiger partial charge in [0.2, 0.25) is 0 Å². The Bertz CT molecular complexity index is 975. The number of pyridine rings is 1. The number of aromatic nitrogens is 1. The molecule has 2 aromatic carbocycles. The Hall–Kier alpha value is -3.21. The average molecular weight is 390 g/mol. The van der Waals surface area contributed by atoms with Crippen LogP contribution in [-0.4, -0.2) is 28.0 Å². The molecule has 0 saturated heterocycles. The van der Waals surface area contributed by atoms with Gasteiger partial charge in [0.25, 0.3) is 5.91 Å². The number of nitrogens with zero attached hydrogens (tertiary/aromatic N) is 1. The molecular formula is C24H26N2O3. The minimum Gasteiger partial charge on any atom is -0.480 e. The molecule has 0 bridgehead atoms. The maximum Gasteiger partial charge on any atom is 0.326 e. The smallest absolute Gasteiger partial charge is 0.326 e. The molecule has 3 rings (SSSR count). The first-order valence-electron chi connectivity index (χ1n) is 10.0. The van der Waals surface area contributed by atoms with E-state index in [1.165, 1.54) is 0 Å². The van der Waals surface area contributed by atoms with Crippen LogP contribution < -0.4 is 5.32 Å². The van der Waals surface area contributed by atoms with Crippen LogP contribution in [0.4, 0.5) is 0 Å². The van der Waals surface area contributed by atoms with E-state index in [-0.39, 0.29) is 5.91 Å². The molecule has 1 aromatic heterocycles. The molecule has 3 aromatic rings. The summed E-state index contributed by atoms with van der Waals surface area (Å²) >= 11 is 0. The van der Waals surface area contributed by atoms with Crippen molar-refractivity contribution in [3.63, 3.8) is 0 Å². The number of allylic oxidation sites excluding steroid dienone is 1. The van der Waals surface area contributed by atoms with Gasteiger partial charge in [-0.1, -0.05) is 61.7 Å². The molecule has 29 heavy (non-hydrogen) atoms. The fourth-order valence-electron chi connectivity index (χ4n) is 3.56. The van der Waals surface area contributed by atoms with E-state index in [1.807, 2.05) is 54.6 Å². The summed E-state index contributed by atoms with van der Waals surface area (Å²) in [4.78, 5) is 29.5. The normalized spacial score (nSPS) is 12.0. The number of carbonyl (C=O) groups excluding carboxylic acids is 1. The van der Waals surface area contributed by atoms with Gasteiger partial charge in [-0.2, -0.15) is 0 Å². The van der Waals surface area contributed by atoms with Crippen molar-refractivity contribution in [1.29, 1.82) is 0 Å². The number of benzene rings is 2. The second kappa shape index (κ2) is 9.82. The highest BCUT2D eigenvalue weighted by Gasteiger charge is 2.23. The lowest BCUT2D eigenvalue weighted by Gasteiger charge is -2.16. The van der Waals surface area contributed by atoms with Crippen molar-refractivity contribution in [2.45, 2.75) is 44.6 Å². The number of rotatable bonds is 10. The fraction of sp³-hybridized carbons (Fsp3) is 0.292. The molecular weight excluding hydrogens is 364 g/mol. The van der Waals surface area contributed by atoms with Gasteiger partial charge in [0.15, 0.2) is 0 Å². The van der Waals surface area contributed by atoms with Crippen molar-refractivity contribution in [1.82, 2.24) is 10.3 Å². The first-order valence-corrected chi connectivity index (χ1v) is 10.0. The molecule has 1 heterocycles. The zero-order valence-electron chi connectivity index (χ0n) is 16.4. The summed E-state index contributed by atoms with van der Waals surface area (Å²) in [5.41, 5.74) is 1.90. The van der Waals surface area contributed by atoms with Crippen molar-refractivity contribution in [3.8, 4) is 0 Å². The summed E-state index contributed by atoms with van der Waals surface area (Å²) in [6.45, 7) is 3.70. The van der Waals surface area contributed by atoms with Crippen LogP contribution in [0.1, 0.15) is 48.9 Å². The van der Waals surface area contributed by atoms with Crippen LogP contribution in [0.15, 0.2) is 61.2 Å². The Labute approximate surface area is 170 Å². The van der Waals surface area contributed by atoms with Crippen LogP contribution in [0.25, 0.3) is 21.8 Å². The number of unbranched alkanes of at least 4 members (excludes halogenated alkanes) is 4. The summed E-state index contributed by atoms with van der Waals surface area (Å²) in [5, 5.41) is 13.8. The number of para-hydroxylation sites is 2. The van der Waals surface area contributed by atoms with E-state index < -0.39 is 12.0 Å². The topological polar surface area (TPSA) is 79.3 Å². The molecule has 2 N–H and O–H groups in total. The zero-order valence-corrected chi connectivity index (χ0v) is 16.4. The SMILES string of the molecule is C=CCCCCCC[C@@H](NC(=O)c1c2ccccc2nc2ccccc12)C(=O)O. The van der Waals surface area contributed by atoms with E-state index >= 15 is 0 Å². The summed E-state index contributed by atoms with van der Waals surface area (Å²) in [7, 11) is 0. The predicted molar refractivity (Wildman–Crippen MR) is 116 cm³/mol. The number of hydrogen-bond acceptors (Lipinski definition) is 3. The molecule has 0 radical (unpaired) electrons. The van der Waals surface area contributed by atoms with E-state index in [2.05, 4.69) is 16.9 Å². The second-order valence-corrected chi connectivity index (χ2v) is 7.17. The van der Waals surface area contributed by atoms with Gasteiger partial charge in [-0.25, -0.2) is 9.78 Å². The minimum atomic E-state index is -1.01. The Morgan fingerprint density at radius 1 is 0.966 bits per heavy atom. The number of nitrogens with one attached hydrogen (secondary N) is 1. The number of hydrogen-bond donors (Lipinski definition) is 2. The minimum absolute atomic E-state index is 0.376. The van der Waals surface area contributed by atoms with Gasteiger partial charge in [0, 0.05) is 10.8 Å². The average Bonchev–Trinajstić information content (AvgIpc) is 2.73. The van der Waals surface area contributed by atoms with E-state index in [0.717, 1.165) is 42.9 Å². The quantitative estimate of drug-likeness (QED) is 0.287. The molecule has 150 valence electrons. The molecule has 0 aliphatic rings. The summed E-state index contributed by atoms with van der Waals surface area (Å²) in [6.07, 6.45) is 7.07. The Morgan fingerprint density at radius 2 is 1.55 bits per heavy atom. The highest BCUT2D eigenvalue weighted by molar-refractivity contribution is 6.16. The van der Waals surface area contributed by atoms with Crippen LogP contribution in [-0.2, 0) is 4.79 Å². The molecule has 0 fully saturated rings. The van der Waals surface area contributed by atoms with Crippen LogP contribution in [0, 0.1) is 0 Å². The lowest BCUT2D eigenvalue weighted by Crippen LogP contribution is -2.40. The summed E-state index contributed by atoms with van der Waals surface area (Å²) in [6, 6.07) is 14.0. The van der Waals surface area contributed by atoms with Gasteiger partial charge in [-0.15, -0.1) is 6.58 Å². The Balaban J connectivity index is 1.81. The number of carboxylic acid groups (broad SMARTS) is 1. The lowest BCUT2D eigenvalue weighted by atomic mass is 10.0. The highest BCUT2D eigenvalue weighted by Crippen LogP contribution is 2.26. The third kappa shape index (κ3) is 4.99. The largest absolute Gasteiger partial charge is 0.480 e. The van der Waals surface area contributed by atoms with E-state index in [9.17, 15) is 14.7 Å². The number of amides is 1. The Morgan fingerprint density at radius 3 is 2.14 bits per heavy atom. The maximum absolute atomic E-state index is 13.1. The second-order valence-electron chi connectivity index (χ2n) is 7.17. The fourth-order valence-corrected chi connectivity index (χ4v) is 3.56. The van der Waals surface area contributed by atoms with Crippen LogP contribution in [0.5, 0.6) is 0 Å². The number of aliphatic carboxylic acids is 1. The van der Waals surface area contributed by atoms with Crippen molar-refractivity contribution in [2.24, 2.45) is 0 Å². The predicted octanol–water partition coefficient (Wildman–Crippen LogP) is 5.10. The summed E-state index contributed by atoms with van der Waals surface area (Å²) in [5.74, 6) is -1.38. The van der Waals surface area contributed by atoms with Crippen LogP contribution in [0.3, 0.4) is 0 Å². The maximum atomic E-state index is 13.1. The van der Waals surface area contributed by atoms with Crippen molar-refractivity contribution in [3.05, 3.63) is 66.7 Å². The van der Waals surface area contributed by atoms with Crippen molar-refractivity contribution >= 4 is 33.7 Å². The Kier molecular flexibility index (Phi) is 6.95. The van der Waals surface area contributed by atoms with E-state index in [1.54, 1.807) is 0 Å².